The maximum absolute atomic E-state index is 6.05. The topological polar surface area (TPSA) is 43.2 Å². The second-order valence-corrected chi connectivity index (χ2v) is 8.65. The largest absolute Gasteiger partial charge is 0.478 e. The van der Waals surface area contributed by atoms with Crippen molar-refractivity contribution in [3.8, 4) is 0 Å². The van der Waals surface area contributed by atoms with Crippen LogP contribution in [0, 0.1) is 5.41 Å². The molecule has 4 unspecified atom stereocenters. The molecule has 2 aromatic carbocycles. The van der Waals surface area contributed by atoms with Gasteiger partial charge in [0.2, 0.25) is 0 Å². The maximum atomic E-state index is 6.05. The lowest BCUT2D eigenvalue weighted by atomic mass is 9.91. The van der Waals surface area contributed by atoms with Gasteiger partial charge in [0.15, 0.2) is 11.8 Å². The summed E-state index contributed by atoms with van der Waals surface area (Å²) in [5, 5.41) is 0. The van der Waals surface area contributed by atoms with E-state index in [0.29, 0.717) is 25.0 Å². The molecule has 4 heteroatoms. The third kappa shape index (κ3) is 3.93. The summed E-state index contributed by atoms with van der Waals surface area (Å²) in [6, 6.07) is 21.2. The van der Waals surface area contributed by atoms with Gasteiger partial charge < -0.3 is 9.47 Å². The van der Waals surface area contributed by atoms with E-state index in [0.717, 1.165) is 11.8 Å². The van der Waals surface area contributed by atoms with Crippen LogP contribution >= 0.6 is 0 Å². The molecular weight excluding hydrogens is 360 g/mol. The molecule has 0 bridgehead atoms. The van der Waals surface area contributed by atoms with Crippen LogP contribution in [0.3, 0.4) is 0 Å². The lowest BCUT2D eigenvalue weighted by Gasteiger charge is -2.22. The Balaban J connectivity index is 1.50. The Morgan fingerprint density at radius 2 is 1.10 bits per heavy atom. The summed E-state index contributed by atoms with van der Waals surface area (Å²) in [4.78, 5) is 9.88. The first-order valence-electron chi connectivity index (χ1n) is 10.5. The van der Waals surface area contributed by atoms with Crippen molar-refractivity contribution in [3.63, 3.8) is 0 Å². The van der Waals surface area contributed by atoms with Crippen molar-refractivity contribution in [2.45, 2.75) is 51.6 Å². The van der Waals surface area contributed by atoms with Crippen LogP contribution in [-0.2, 0) is 9.47 Å². The summed E-state index contributed by atoms with van der Waals surface area (Å²) in [6.07, 6.45) is 0. The summed E-state index contributed by atoms with van der Waals surface area (Å²) >= 11 is 0. The fourth-order valence-corrected chi connectivity index (χ4v) is 4.02. The molecule has 4 rings (SSSR count). The molecule has 0 saturated heterocycles. The van der Waals surface area contributed by atoms with Crippen LogP contribution in [-0.4, -0.2) is 37.1 Å². The predicted octanol–water partition coefficient (Wildman–Crippen LogP) is 5.21. The number of nitrogens with zero attached hydrogens (tertiary/aromatic N) is 2. The van der Waals surface area contributed by atoms with E-state index in [1.807, 2.05) is 12.1 Å². The molecule has 29 heavy (non-hydrogen) atoms. The molecule has 152 valence electrons. The lowest BCUT2D eigenvalue weighted by Crippen LogP contribution is -2.34. The lowest BCUT2D eigenvalue weighted by molar-refractivity contribution is 0.257. The van der Waals surface area contributed by atoms with Gasteiger partial charge in [-0.25, -0.2) is 9.98 Å². The molecule has 0 N–H and O–H groups in total. The number of hydrogen-bond acceptors (Lipinski definition) is 4. The number of ether oxygens (including phenoxy) is 2. The van der Waals surface area contributed by atoms with Gasteiger partial charge in [-0.05, 0) is 25.0 Å². The Morgan fingerprint density at radius 3 is 1.48 bits per heavy atom. The Hall–Kier alpha value is -2.62. The first-order chi connectivity index (χ1) is 14.0. The van der Waals surface area contributed by atoms with Gasteiger partial charge in [0.1, 0.15) is 18.6 Å². The minimum Gasteiger partial charge on any atom is -0.478 e. The van der Waals surface area contributed by atoms with Gasteiger partial charge in [-0.1, -0.05) is 74.5 Å². The van der Waals surface area contributed by atoms with Crippen molar-refractivity contribution in [1.82, 2.24) is 0 Å². The van der Waals surface area contributed by atoms with Crippen molar-refractivity contribution in [3.05, 3.63) is 71.8 Å². The average Bonchev–Trinajstić information content (AvgIpc) is 3.45. The zero-order valence-corrected chi connectivity index (χ0v) is 17.7. The van der Waals surface area contributed by atoms with Gasteiger partial charge in [-0.3, -0.25) is 0 Å². The quantitative estimate of drug-likeness (QED) is 0.679. The first kappa shape index (κ1) is 19.7. The molecule has 2 aromatic rings. The van der Waals surface area contributed by atoms with Crippen LogP contribution in [0.25, 0.3) is 0 Å². The van der Waals surface area contributed by atoms with Crippen LogP contribution in [0.5, 0.6) is 0 Å². The number of benzene rings is 2. The maximum Gasteiger partial charge on any atom is 0.199 e. The second kappa shape index (κ2) is 8.02. The van der Waals surface area contributed by atoms with E-state index < -0.39 is 5.41 Å². The Bertz CT molecular complexity index is 816. The summed E-state index contributed by atoms with van der Waals surface area (Å²) in [6.45, 7) is 9.82. The molecule has 0 amide bonds. The molecule has 2 heterocycles. The van der Waals surface area contributed by atoms with Gasteiger partial charge in [0.25, 0.3) is 0 Å². The minimum atomic E-state index is -0.462. The van der Waals surface area contributed by atoms with E-state index >= 15 is 0 Å². The van der Waals surface area contributed by atoms with E-state index in [9.17, 15) is 0 Å². The molecule has 4 atom stereocenters. The molecule has 0 spiro atoms. The molecule has 4 nitrogen and oxygen atoms in total. The van der Waals surface area contributed by atoms with Crippen LogP contribution in [0.4, 0.5) is 0 Å². The molecule has 0 radical (unpaired) electrons. The van der Waals surface area contributed by atoms with Crippen molar-refractivity contribution < 1.29 is 9.47 Å². The standard InChI is InChI=1S/C25H30N2O2/c1-17(19-11-7-5-8-12-19)21-15-28-23(26-21)25(3,4)24-27-22(16-29-24)18(2)20-13-9-6-10-14-20/h5-14,17-18,21-22H,15-16H2,1-4H3. The predicted molar refractivity (Wildman–Crippen MR) is 118 cm³/mol. The molecule has 2 aliphatic heterocycles. The number of hydrogen-bond donors (Lipinski definition) is 0. The van der Waals surface area contributed by atoms with Gasteiger partial charge in [-0.2, -0.15) is 0 Å². The Morgan fingerprint density at radius 1 is 0.724 bits per heavy atom. The third-order valence-electron chi connectivity index (χ3n) is 6.22. The van der Waals surface area contributed by atoms with Gasteiger partial charge in [0, 0.05) is 11.8 Å². The highest BCUT2D eigenvalue weighted by Crippen LogP contribution is 2.34. The highest BCUT2D eigenvalue weighted by Gasteiger charge is 2.42. The van der Waals surface area contributed by atoms with Crippen molar-refractivity contribution in [2.24, 2.45) is 15.4 Å². The van der Waals surface area contributed by atoms with Crippen LogP contribution in [0.2, 0.25) is 0 Å². The fourth-order valence-electron chi connectivity index (χ4n) is 4.02. The zero-order chi connectivity index (χ0) is 20.4. The van der Waals surface area contributed by atoms with E-state index in [4.69, 9.17) is 19.5 Å². The summed E-state index contributed by atoms with van der Waals surface area (Å²) in [7, 11) is 0. The van der Waals surface area contributed by atoms with E-state index in [1.165, 1.54) is 11.1 Å². The summed E-state index contributed by atoms with van der Waals surface area (Å²) in [5.41, 5.74) is 2.11. The highest BCUT2D eigenvalue weighted by molar-refractivity contribution is 6.05. The highest BCUT2D eigenvalue weighted by atomic mass is 16.5. The molecule has 2 aliphatic rings. The number of aliphatic imine (C=N–C) groups is 2. The van der Waals surface area contributed by atoms with E-state index in [1.54, 1.807) is 0 Å². The van der Waals surface area contributed by atoms with E-state index in [-0.39, 0.29) is 12.1 Å². The molecule has 0 fully saturated rings. The van der Waals surface area contributed by atoms with Crippen molar-refractivity contribution in [1.29, 1.82) is 0 Å². The third-order valence-corrected chi connectivity index (χ3v) is 6.22. The Labute approximate surface area is 173 Å². The van der Waals surface area contributed by atoms with Crippen molar-refractivity contribution >= 4 is 11.8 Å². The molecule has 0 aliphatic carbocycles. The monoisotopic (exact) mass is 390 g/mol. The summed E-state index contributed by atoms with van der Waals surface area (Å²) < 4.78 is 12.1. The molecular formula is C25H30N2O2. The Kier molecular flexibility index (Phi) is 5.44. The van der Waals surface area contributed by atoms with Crippen LogP contribution in [0.15, 0.2) is 70.6 Å². The van der Waals surface area contributed by atoms with Crippen LogP contribution in [0.1, 0.15) is 50.7 Å². The smallest absolute Gasteiger partial charge is 0.199 e. The van der Waals surface area contributed by atoms with Crippen molar-refractivity contribution in [2.75, 3.05) is 13.2 Å². The fraction of sp³-hybridized carbons (Fsp3) is 0.440. The number of rotatable bonds is 6. The minimum absolute atomic E-state index is 0.118. The average molecular weight is 391 g/mol. The first-order valence-corrected chi connectivity index (χ1v) is 10.5. The van der Waals surface area contributed by atoms with Gasteiger partial charge in [0.05, 0.1) is 12.1 Å². The van der Waals surface area contributed by atoms with E-state index in [2.05, 4.69) is 76.2 Å². The SMILES string of the molecule is CC(c1ccccc1)C1COC(C(C)(C)C2=NC(C(C)c3ccccc3)CO2)=N1. The van der Waals surface area contributed by atoms with Gasteiger partial charge in [-0.15, -0.1) is 0 Å². The normalized spacial score (nSPS) is 23.6. The van der Waals surface area contributed by atoms with Gasteiger partial charge >= 0.3 is 0 Å². The molecule has 0 saturated carbocycles. The summed E-state index contributed by atoms with van der Waals surface area (Å²) in [5.74, 6) is 2.08. The van der Waals surface area contributed by atoms with Crippen LogP contribution < -0.4 is 0 Å². The zero-order valence-electron chi connectivity index (χ0n) is 17.7. The second-order valence-electron chi connectivity index (χ2n) is 8.65. The molecule has 0 aromatic heterocycles.